The minimum absolute atomic E-state index is 0.0142. The Balaban J connectivity index is 1.61. The van der Waals surface area contributed by atoms with E-state index in [9.17, 15) is 14.7 Å². The van der Waals surface area contributed by atoms with Gasteiger partial charge in [-0.05, 0) is 98.4 Å². The third-order valence-electron chi connectivity index (χ3n) is 12.4. The molecule has 0 spiro atoms. The highest BCUT2D eigenvalue weighted by molar-refractivity contribution is 5.94. The number of carbonyl (C=O) groups excluding carboxylic acids is 2. The molecule has 0 aromatic carbocycles. The van der Waals surface area contributed by atoms with Gasteiger partial charge in [-0.25, -0.2) is 4.79 Å². The van der Waals surface area contributed by atoms with Crippen LogP contribution in [0.2, 0.25) is 0 Å². The van der Waals surface area contributed by atoms with Crippen LogP contribution in [0.3, 0.4) is 0 Å². The fourth-order valence-electron chi connectivity index (χ4n) is 10.6. The number of fused-ring (bicyclic) bond motifs is 6. The van der Waals surface area contributed by atoms with Gasteiger partial charge in [0.15, 0.2) is 0 Å². The van der Waals surface area contributed by atoms with Crippen molar-refractivity contribution >= 4 is 11.9 Å². The molecule has 202 valence electrons. The van der Waals surface area contributed by atoms with Crippen molar-refractivity contribution < 1.29 is 24.2 Å². The molecule has 1 N–H and O–H groups in total. The second-order valence-electron chi connectivity index (χ2n) is 14.1. The maximum absolute atomic E-state index is 13.3. The van der Waals surface area contributed by atoms with Gasteiger partial charge in [-0.3, -0.25) is 4.79 Å². The maximum atomic E-state index is 13.3. The number of aliphatic hydroxyl groups is 1. The molecule has 5 nitrogen and oxygen atoms in total. The zero-order valence-electron chi connectivity index (χ0n) is 23.6. The molecule has 1 aliphatic heterocycles. The summed E-state index contributed by atoms with van der Waals surface area (Å²) in [5.41, 5.74) is 2.01. The maximum Gasteiger partial charge on any atom is 0.335 e. The Kier molecular flexibility index (Phi) is 6.26. The fraction of sp³-hybridized carbons (Fsp3) is 0.871. The molecular formula is C31H48O5. The molecule has 0 saturated heterocycles. The second-order valence-corrected chi connectivity index (χ2v) is 14.1. The molecule has 36 heavy (non-hydrogen) atoms. The number of hydrogen-bond donors (Lipinski definition) is 1. The Labute approximate surface area is 217 Å². The van der Waals surface area contributed by atoms with Crippen LogP contribution in [0.15, 0.2) is 11.1 Å². The summed E-state index contributed by atoms with van der Waals surface area (Å²) in [5, 5.41) is 9.90. The van der Waals surface area contributed by atoms with Gasteiger partial charge in [0.2, 0.25) is 0 Å². The first kappa shape index (κ1) is 26.3. The Morgan fingerprint density at radius 1 is 1.08 bits per heavy atom. The quantitative estimate of drug-likeness (QED) is 0.454. The number of ether oxygens (including phenoxy) is 2. The van der Waals surface area contributed by atoms with Crippen molar-refractivity contribution in [2.75, 3.05) is 0 Å². The van der Waals surface area contributed by atoms with Crippen LogP contribution in [0.1, 0.15) is 113 Å². The van der Waals surface area contributed by atoms with Crippen molar-refractivity contribution in [2.24, 2.45) is 39.4 Å². The van der Waals surface area contributed by atoms with Gasteiger partial charge in [-0.1, -0.05) is 47.5 Å². The van der Waals surface area contributed by atoms with Gasteiger partial charge in [0.05, 0.1) is 12.5 Å². The van der Waals surface area contributed by atoms with Crippen LogP contribution in [-0.4, -0.2) is 35.4 Å². The number of hydrogen-bond acceptors (Lipinski definition) is 5. The van der Waals surface area contributed by atoms with Gasteiger partial charge in [0.25, 0.3) is 0 Å². The van der Waals surface area contributed by atoms with Crippen LogP contribution in [-0.2, 0) is 19.1 Å². The topological polar surface area (TPSA) is 72.8 Å². The van der Waals surface area contributed by atoms with Gasteiger partial charge in [0, 0.05) is 11.0 Å². The van der Waals surface area contributed by atoms with E-state index in [1.807, 2.05) is 6.92 Å². The lowest BCUT2D eigenvalue weighted by molar-refractivity contribution is -0.228. The molecule has 0 unspecified atom stereocenters. The van der Waals surface area contributed by atoms with Crippen molar-refractivity contribution in [1.82, 2.24) is 0 Å². The summed E-state index contributed by atoms with van der Waals surface area (Å²) in [4.78, 5) is 26.3. The Morgan fingerprint density at radius 3 is 2.44 bits per heavy atom. The summed E-state index contributed by atoms with van der Waals surface area (Å²) in [5.74, 6) is 0.811. The van der Waals surface area contributed by atoms with Crippen LogP contribution in [0, 0.1) is 39.4 Å². The zero-order valence-corrected chi connectivity index (χ0v) is 23.6. The minimum atomic E-state index is -0.743. The fourth-order valence-corrected chi connectivity index (χ4v) is 10.6. The van der Waals surface area contributed by atoms with Crippen molar-refractivity contribution in [3.05, 3.63) is 11.1 Å². The van der Waals surface area contributed by atoms with Crippen molar-refractivity contribution in [3.8, 4) is 0 Å². The average Bonchev–Trinajstić information content (AvgIpc) is 3.08. The molecule has 0 radical (unpaired) electrons. The Bertz CT molecular complexity index is 968. The predicted octanol–water partition coefficient (Wildman–Crippen LogP) is 6.37. The van der Waals surface area contributed by atoms with Gasteiger partial charge >= 0.3 is 11.9 Å². The first-order valence-corrected chi connectivity index (χ1v) is 14.6. The normalized spacial score (nSPS) is 48.8. The van der Waals surface area contributed by atoms with Crippen LogP contribution in [0.25, 0.3) is 0 Å². The number of esters is 2. The molecule has 3 fully saturated rings. The van der Waals surface area contributed by atoms with Crippen LogP contribution in [0.4, 0.5) is 0 Å². The monoisotopic (exact) mass is 500 g/mol. The van der Waals surface area contributed by atoms with Crippen LogP contribution < -0.4 is 0 Å². The largest absolute Gasteiger partial charge is 0.461 e. The average molecular weight is 501 g/mol. The van der Waals surface area contributed by atoms with Gasteiger partial charge in [-0.15, -0.1) is 0 Å². The molecule has 5 heteroatoms. The number of cyclic esters (lactones) is 1. The van der Waals surface area contributed by atoms with Gasteiger partial charge < -0.3 is 14.6 Å². The summed E-state index contributed by atoms with van der Waals surface area (Å²) in [6.07, 6.45) is 8.82. The van der Waals surface area contributed by atoms with Crippen LogP contribution >= 0.6 is 0 Å². The van der Waals surface area contributed by atoms with E-state index in [2.05, 4.69) is 34.6 Å². The molecule has 0 aromatic heterocycles. The highest BCUT2D eigenvalue weighted by Gasteiger charge is 2.70. The first-order valence-electron chi connectivity index (χ1n) is 14.6. The lowest BCUT2D eigenvalue weighted by atomic mass is 9.35. The molecule has 3 saturated carbocycles. The van der Waals surface area contributed by atoms with E-state index in [0.717, 1.165) is 30.4 Å². The third kappa shape index (κ3) is 3.50. The zero-order chi connectivity index (χ0) is 26.3. The van der Waals surface area contributed by atoms with E-state index in [0.29, 0.717) is 17.3 Å². The molecule has 5 aliphatic rings. The van der Waals surface area contributed by atoms with E-state index in [4.69, 9.17) is 9.47 Å². The van der Waals surface area contributed by atoms with Crippen molar-refractivity contribution in [1.29, 1.82) is 0 Å². The van der Waals surface area contributed by atoms with E-state index in [-0.39, 0.29) is 47.3 Å². The lowest BCUT2D eigenvalue weighted by Crippen LogP contribution is -2.66. The summed E-state index contributed by atoms with van der Waals surface area (Å²) in [7, 11) is 0. The second kappa shape index (κ2) is 8.58. The number of rotatable bonds is 4. The summed E-state index contributed by atoms with van der Waals surface area (Å²) in [6, 6.07) is 0. The van der Waals surface area contributed by atoms with Crippen molar-refractivity contribution in [3.63, 3.8) is 0 Å². The molecule has 0 amide bonds. The van der Waals surface area contributed by atoms with E-state index < -0.39 is 11.5 Å². The third-order valence-corrected chi connectivity index (χ3v) is 12.4. The number of aliphatic hydroxyl groups excluding tert-OH is 1. The molecule has 4 aliphatic carbocycles. The smallest absolute Gasteiger partial charge is 0.335 e. The molecule has 0 aromatic rings. The van der Waals surface area contributed by atoms with E-state index in [1.165, 1.54) is 38.5 Å². The molecule has 10 atom stereocenters. The predicted molar refractivity (Wildman–Crippen MR) is 139 cm³/mol. The lowest BCUT2D eigenvalue weighted by Gasteiger charge is -2.70. The standard InChI is InChI=1S/C31H48O5/c1-8-28(4)13-9-14-29(5)21(28)12-15-30(6)22-11-10-20-19(3)35-27(34)26(20)31(22,7)24(17-23(29)30)36-25(33)16-18(2)32/h18-19,21-24,32H,8-17H2,1-7H3/t18-,19-,21-,22-,23+,24-,28-,29-,30-,31+/m0/s1. The summed E-state index contributed by atoms with van der Waals surface area (Å²) in [6.45, 7) is 15.7. The van der Waals surface area contributed by atoms with Gasteiger partial charge in [0.1, 0.15) is 12.2 Å². The SMILES string of the molecule is CC[C@@]1(C)CCC[C@]2(C)[C@H]3C[C@H](OC(=O)C[C@H](C)O)[C@]4(C)C5=C(CC[C@H]4[C@]3(C)CC[C@@H]12)[C@H](C)OC5=O. The molecule has 0 bridgehead atoms. The van der Waals surface area contributed by atoms with E-state index >= 15 is 0 Å². The van der Waals surface area contributed by atoms with Gasteiger partial charge in [-0.2, -0.15) is 0 Å². The number of carbonyl (C=O) groups is 2. The van der Waals surface area contributed by atoms with E-state index in [1.54, 1.807) is 6.92 Å². The van der Waals surface area contributed by atoms with Crippen LogP contribution in [0.5, 0.6) is 0 Å². The highest BCUT2D eigenvalue weighted by atomic mass is 16.6. The first-order chi connectivity index (χ1) is 16.8. The highest BCUT2D eigenvalue weighted by Crippen LogP contribution is 2.74. The molecule has 5 rings (SSSR count). The Hall–Kier alpha value is -1.36. The Morgan fingerprint density at radius 2 is 1.78 bits per heavy atom. The summed E-state index contributed by atoms with van der Waals surface area (Å²) < 4.78 is 12.1. The van der Waals surface area contributed by atoms with Crippen molar-refractivity contribution in [2.45, 2.75) is 131 Å². The summed E-state index contributed by atoms with van der Waals surface area (Å²) >= 11 is 0. The molecular weight excluding hydrogens is 452 g/mol. The minimum Gasteiger partial charge on any atom is -0.461 e. The molecule has 1 heterocycles.